The van der Waals surface area contributed by atoms with Gasteiger partial charge < -0.3 is 5.32 Å². The van der Waals surface area contributed by atoms with E-state index in [1.165, 1.54) is 44.6 Å². The average molecular weight is 235 g/mol. The summed E-state index contributed by atoms with van der Waals surface area (Å²) in [4.78, 5) is 0. The molecule has 1 nitrogen and oxygen atoms in total. The van der Waals surface area contributed by atoms with E-state index in [0.29, 0.717) is 5.69 Å². The van der Waals surface area contributed by atoms with Crippen LogP contribution in [0, 0.1) is 18.7 Å². The lowest BCUT2D eigenvalue weighted by molar-refractivity contribution is 0.345. The maximum absolute atomic E-state index is 13.6. The molecule has 1 N–H and O–H groups in total. The van der Waals surface area contributed by atoms with Crippen LogP contribution in [0.2, 0.25) is 0 Å². The van der Waals surface area contributed by atoms with E-state index in [-0.39, 0.29) is 5.82 Å². The average Bonchev–Trinajstić information content (AvgIpc) is 2.34. The molecule has 0 aromatic heterocycles. The minimum Gasteiger partial charge on any atom is -0.382 e. The number of hydrogen-bond acceptors (Lipinski definition) is 1. The lowest BCUT2D eigenvalue weighted by Crippen LogP contribution is -2.13. The van der Waals surface area contributed by atoms with Crippen LogP contribution in [0.25, 0.3) is 0 Å². The predicted octanol–water partition coefficient (Wildman–Crippen LogP) is 4.52. The fraction of sp³-hybridized carbons (Fsp3) is 0.600. The number of para-hydroxylation sites is 1. The fourth-order valence-corrected chi connectivity index (χ4v) is 2.73. The molecule has 1 aliphatic carbocycles. The molecule has 0 radical (unpaired) electrons. The van der Waals surface area contributed by atoms with E-state index in [1.54, 1.807) is 6.07 Å². The molecule has 0 saturated heterocycles. The minimum absolute atomic E-state index is 0.131. The van der Waals surface area contributed by atoms with Crippen LogP contribution in [0.5, 0.6) is 0 Å². The quantitative estimate of drug-likeness (QED) is 0.809. The molecule has 94 valence electrons. The number of benzene rings is 1. The first-order valence-corrected chi connectivity index (χ1v) is 6.76. The van der Waals surface area contributed by atoms with E-state index in [1.807, 2.05) is 13.0 Å². The molecule has 2 heteroatoms. The Morgan fingerprint density at radius 2 is 2.00 bits per heavy atom. The molecule has 0 heterocycles. The van der Waals surface area contributed by atoms with Gasteiger partial charge in [0.2, 0.25) is 0 Å². The summed E-state index contributed by atoms with van der Waals surface area (Å²) < 4.78 is 13.6. The van der Waals surface area contributed by atoms with Crippen molar-refractivity contribution >= 4 is 5.69 Å². The van der Waals surface area contributed by atoms with Gasteiger partial charge in [-0.25, -0.2) is 4.39 Å². The highest BCUT2D eigenvalue weighted by atomic mass is 19.1. The third-order valence-corrected chi connectivity index (χ3v) is 3.80. The van der Waals surface area contributed by atoms with Gasteiger partial charge >= 0.3 is 0 Å². The van der Waals surface area contributed by atoms with Crippen molar-refractivity contribution < 1.29 is 4.39 Å². The standard InChI is InChI=1S/C15H22FN/c1-12-6-5-9-14(16)15(12)17-11-10-13-7-3-2-4-8-13/h5-6,9,13,17H,2-4,7-8,10-11H2,1H3. The molecular formula is C15H22FN. The van der Waals surface area contributed by atoms with Crippen LogP contribution >= 0.6 is 0 Å². The Morgan fingerprint density at radius 1 is 1.24 bits per heavy atom. The van der Waals surface area contributed by atoms with Gasteiger partial charge in [-0.05, 0) is 30.9 Å². The highest BCUT2D eigenvalue weighted by Crippen LogP contribution is 2.26. The van der Waals surface area contributed by atoms with Crippen molar-refractivity contribution in [1.29, 1.82) is 0 Å². The number of rotatable bonds is 4. The van der Waals surface area contributed by atoms with Gasteiger partial charge in [0.25, 0.3) is 0 Å². The smallest absolute Gasteiger partial charge is 0.146 e. The van der Waals surface area contributed by atoms with E-state index in [2.05, 4.69) is 5.32 Å². The summed E-state index contributed by atoms with van der Waals surface area (Å²) >= 11 is 0. The van der Waals surface area contributed by atoms with Gasteiger partial charge in [0, 0.05) is 6.54 Å². The fourth-order valence-electron chi connectivity index (χ4n) is 2.73. The summed E-state index contributed by atoms with van der Waals surface area (Å²) in [5.74, 6) is 0.719. The topological polar surface area (TPSA) is 12.0 Å². The van der Waals surface area contributed by atoms with Crippen molar-refractivity contribution in [3.63, 3.8) is 0 Å². The van der Waals surface area contributed by atoms with Crippen LogP contribution in [0.4, 0.5) is 10.1 Å². The lowest BCUT2D eigenvalue weighted by Gasteiger charge is -2.22. The molecule has 1 fully saturated rings. The molecule has 1 aromatic carbocycles. The van der Waals surface area contributed by atoms with E-state index in [4.69, 9.17) is 0 Å². The maximum atomic E-state index is 13.6. The van der Waals surface area contributed by atoms with E-state index >= 15 is 0 Å². The molecule has 0 unspecified atom stereocenters. The Morgan fingerprint density at radius 3 is 2.71 bits per heavy atom. The number of halogens is 1. The zero-order valence-electron chi connectivity index (χ0n) is 10.6. The van der Waals surface area contributed by atoms with Crippen molar-refractivity contribution in [2.75, 3.05) is 11.9 Å². The van der Waals surface area contributed by atoms with Crippen molar-refractivity contribution in [3.8, 4) is 0 Å². The molecule has 0 bridgehead atoms. The molecule has 0 atom stereocenters. The molecule has 0 amide bonds. The monoisotopic (exact) mass is 235 g/mol. The number of hydrogen-bond donors (Lipinski definition) is 1. The molecular weight excluding hydrogens is 213 g/mol. The minimum atomic E-state index is -0.131. The second kappa shape index (κ2) is 6.04. The number of aryl methyl sites for hydroxylation is 1. The largest absolute Gasteiger partial charge is 0.382 e. The van der Waals surface area contributed by atoms with Crippen LogP contribution < -0.4 is 5.32 Å². The molecule has 17 heavy (non-hydrogen) atoms. The molecule has 0 aliphatic heterocycles. The molecule has 1 saturated carbocycles. The van der Waals surface area contributed by atoms with E-state index < -0.39 is 0 Å². The Kier molecular flexibility index (Phi) is 4.41. The Labute approximate surface area is 103 Å². The van der Waals surface area contributed by atoms with Crippen molar-refractivity contribution in [3.05, 3.63) is 29.6 Å². The van der Waals surface area contributed by atoms with Crippen LogP contribution in [0.3, 0.4) is 0 Å². The van der Waals surface area contributed by atoms with Gasteiger partial charge in [-0.1, -0.05) is 44.2 Å². The zero-order valence-corrected chi connectivity index (χ0v) is 10.6. The van der Waals surface area contributed by atoms with Crippen LogP contribution in [0.1, 0.15) is 44.1 Å². The Hall–Kier alpha value is -1.05. The SMILES string of the molecule is Cc1cccc(F)c1NCCC1CCCCC1. The third-order valence-electron chi connectivity index (χ3n) is 3.80. The zero-order chi connectivity index (χ0) is 12.1. The van der Waals surface area contributed by atoms with Crippen molar-refractivity contribution in [2.45, 2.75) is 45.4 Å². The van der Waals surface area contributed by atoms with Gasteiger partial charge in [-0.3, -0.25) is 0 Å². The molecule has 2 rings (SSSR count). The van der Waals surface area contributed by atoms with Crippen molar-refractivity contribution in [1.82, 2.24) is 0 Å². The predicted molar refractivity (Wildman–Crippen MR) is 70.8 cm³/mol. The van der Waals surface area contributed by atoms with Crippen LogP contribution in [0.15, 0.2) is 18.2 Å². The highest BCUT2D eigenvalue weighted by molar-refractivity contribution is 5.51. The van der Waals surface area contributed by atoms with Crippen LogP contribution in [-0.4, -0.2) is 6.54 Å². The van der Waals surface area contributed by atoms with Crippen LogP contribution in [-0.2, 0) is 0 Å². The second-order valence-electron chi connectivity index (χ2n) is 5.15. The van der Waals surface area contributed by atoms with E-state index in [0.717, 1.165) is 18.0 Å². The molecule has 1 aliphatic rings. The summed E-state index contributed by atoms with van der Waals surface area (Å²) in [5.41, 5.74) is 1.68. The lowest BCUT2D eigenvalue weighted by atomic mass is 9.87. The van der Waals surface area contributed by atoms with Gasteiger partial charge in [-0.15, -0.1) is 0 Å². The number of nitrogens with one attached hydrogen (secondary N) is 1. The number of anilines is 1. The summed E-state index contributed by atoms with van der Waals surface area (Å²) in [6, 6.07) is 5.24. The van der Waals surface area contributed by atoms with Crippen molar-refractivity contribution in [2.24, 2.45) is 5.92 Å². The summed E-state index contributed by atoms with van der Waals surface area (Å²) in [7, 11) is 0. The van der Waals surface area contributed by atoms with Gasteiger partial charge in [0.1, 0.15) is 5.82 Å². The summed E-state index contributed by atoms with van der Waals surface area (Å²) in [6.45, 7) is 2.85. The normalized spacial score (nSPS) is 17.1. The Bertz CT molecular complexity index is 336. The first kappa shape index (κ1) is 12.4. The third kappa shape index (κ3) is 3.45. The van der Waals surface area contributed by atoms with E-state index in [9.17, 15) is 4.39 Å². The molecule has 1 aromatic rings. The van der Waals surface area contributed by atoms with Gasteiger partial charge in [0.15, 0.2) is 0 Å². The van der Waals surface area contributed by atoms with Gasteiger partial charge in [0.05, 0.1) is 5.69 Å². The maximum Gasteiger partial charge on any atom is 0.146 e. The summed E-state index contributed by atoms with van der Waals surface area (Å²) in [5, 5.41) is 3.25. The second-order valence-corrected chi connectivity index (χ2v) is 5.15. The first-order valence-electron chi connectivity index (χ1n) is 6.76. The Balaban J connectivity index is 1.81. The van der Waals surface area contributed by atoms with Gasteiger partial charge in [-0.2, -0.15) is 0 Å². The first-order chi connectivity index (χ1) is 8.27. The summed E-state index contributed by atoms with van der Waals surface area (Å²) in [6.07, 6.45) is 8.05. The molecule has 0 spiro atoms. The highest BCUT2D eigenvalue weighted by Gasteiger charge is 2.13.